The Morgan fingerprint density at radius 1 is 1.12 bits per heavy atom. The number of nitrogens with zero attached hydrogens (tertiary/aromatic N) is 1. The van der Waals surface area contributed by atoms with Crippen LogP contribution in [-0.4, -0.2) is 55.1 Å². The molecule has 3 N–H and O–H groups in total. The van der Waals surface area contributed by atoms with Crippen molar-refractivity contribution in [3.05, 3.63) is 42.5 Å². The van der Waals surface area contributed by atoms with Crippen LogP contribution in [0, 0.1) is 0 Å². The third-order valence-electron chi connectivity index (χ3n) is 3.67. The highest BCUT2D eigenvalue weighted by atomic mass is 16.4. The van der Waals surface area contributed by atoms with Gasteiger partial charge < -0.3 is 20.6 Å². The van der Waals surface area contributed by atoms with Crippen molar-refractivity contribution in [1.82, 2.24) is 10.2 Å². The Labute approximate surface area is 141 Å². The van der Waals surface area contributed by atoms with Crippen LogP contribution in [0.5, 0.6) is 0 Å². The summed E-state index contributed by atoms with van der Waals surface area (Å²) in [6.45, 7) is 1.21. The number of hydrogen-bond donors (Lipinski definition) is 3. The lowest BCUT2D eigenvalue weighted by molar-refractivity contribution is -0.141. The van der Waals surface area contributed by atoms with Crippen LogP contribution in [0.4, 0.5) is 5.69 Å². The van der Waals surface area contributed by atoms with Crippen molar-refractivity contribution in [2.24, 2.45) is 0 Å². The van der Waals surface area contributed by atoms with E-state index < -0.39 is 12.0 Å². The standard InChI is InChI=1S/C18H23N3O3/c1-21(2)10-9-19-16(18(23)24)12-17(22)20-15-8-7-13-5-3-4-6-14(13)11-15/h3-8,11,16,19H,9-10,12H2,1-2H3,(H,20,22)(H,23,24). The lowest BCUT2D eigenvalue weighted by Gasteiger charge is -2.16. The summed E-state index contributed by atoms with van der Waals surface area (Å²) in [4.78, 5) is 25.4. The molecule has 0 aliphatic rings. The first-order valence-corrected chi connectivity index (χ1v) is 7.85. The van der Waals surface area contributed by atoms with Gasteiger partial charge in [-0.2, -0.15) is 0 Å². The van der Waals surface area contributed by atoms with Crippen LogP contribution < -0.4 is 10.6 Å². The third kappa shape index (κ3) is 5.33. The Balaban J connectivity index is 1.95. The second-order valence-corrected chi connectivity index (χ2v) is 5.96. The van der Waals surface area contributed by atoms with Gasteiger partial charge in [0, 0.05) is 18.8 Å². The molecule has 0 saturated heterocycles. The maximum Gasteiger partial charge on any atom is 0.321 e. The van der Waals surface area contributed by atoms with E-state index >= 15 is 0 Å². The van der Waals surface area contributed by atoms with E-state index in [2.05, 4.69) is 10.6 Å². The van der Waals surface area contributed by atoms with E-state index in [1.54, 1.807) is 0 Å². The van der Waals surface area contributed by atoms with Gasteiger partial charge in [-0.15, -0.1) is 0 Å². The number of carboxylic acid groups (broad SMARTS) is 1. The number of fused-ring (bicyclic) bond motifs is 1. The molecule has 2 rings (SSSR count). The molecule has 24 heavy (non-hydrogen) atoms. The zero-order valence-corrected chi connectivity index (χ0v) is 14.0. The highest BCUT2D eigenvalue weighted by Crippen LogP contribution is 2.19. The van der Waals surface area contributed by atoms with Gasteiger partial charge in [0.25, 0.3) is 0 Å². The Hall–Kier alpha value is -2.44. The molecule has 0 spiro atoms. The van der Waals surface area contributed by atoms with E-state index in [-0.39, 0.29) is 12.3 Å². The van der Waals surface area contributed by atoms with Crippen molar-refractivity contribution >= 4 is 28.3 Å². The fourth-order valence-electron chi connectivity index (χ4n) is 2.37. The molecule has 0 aliphatic carbocycles. The number of nitrogens with one attached hydrogen (secondary N) is 2. The summed E-state index contributed by atoms with van der Waals surface area (Å²) >= 11 is 0. The predicted octanol–water partition coefficient (Wildman–Crippen LogP) is 1.77. The quantitative estimate of drug-likeness (QED) is 0.688. The van der Waals surface area contributed by atoms with Gasteiger partial charge in [0.1, 0.15) is 6.04 Å². The minimum atomic E-state index is -1.03. The zero-order valence-electron chi connectivity index (χ0n) is 14.0. The smallest absolute Gasteiger partial charge is 0.321 e. The summed E-state index contributed by atoms with van der Waals surface area (Å²) in [6.07, 6.45) is -0.115. The fraction of sp³-hybridized carbons (Fsp3) is 0.333. The topological polar surface area (TPSA) is 81.7 Å². The molecule has 0 aliphatic heterocycles. The van der Waals surface area contributed by atoms with Gasteiger partial charge in [-0.3, -0.25) is 9.59 Å². The number of amides is 1. The van der Waals surface area contributed by atoms with Gasteiger partial charge in [-0.05, 0) is 37.0 Å². The number of hydrogen-bond acceptors (Lipinski definition) is 4. The highest BCUT2D eigenvalue weighted by Gasteiger charge is 2.20. The minimum Gasteiger partial charge on any atom is -0.480 e. The molecule has 128 valence electrons. The minimum absolute atomic E-state index is 0.115. The first-order chi connectivity index (χ1) is 11.5. The highest BCUT2D eigenvalue weighted by molar-refractivity contribution is 5.96. The lowest BCUT2D eigenvalue weighted by atomic mass is 10.1. The second kappa shape index (κ2) is 8.42. The Bertz CT molecular complexity index is 715. The molecule has 2 aromatic carbocycles. The molecule has 0 heterocycles. The first-order valence-electron chi connectivity index (χ1n) is 7.85. The molecule has 0 aromatic heterocycles. The number of carboxylic acids is 1. The number of likely N-dealkylation sites (N-methyl/N-ethyl adjacent to an activating group) is 1. The largest absolute Gasteiger partial charge is 0.480 e. The number of benzene rings is 2. The van der Waals surface area contributed by atoms with E-state index in [1.807, 2.05) is 61.5 Å². The van der Waals surface area contributed by atoms with Crippen LogP contribution in [0.2, 0.25) is 0 Å². The van der Waals surface area contributed by atoms with Crippen LogP contribution in [0.15, 0.2) is 42.5 Å². The van der Waals surface area contributed by atoms with Gasteiger partial charge >= 0.3 is 5.97 Å². The van der Waals surface area contributed by atoms with Gasteiger partial charge in [0.2, 0.25) is 5.91 Å². The molecule has 1 atom stereocenters. The summed E-state index contributed by atoms with van der Waals surface area (Å²) in [5, 5.41) is 17.0. The number of anilines is 1. The fourth-order valence-corrected chi connectivity index (χ4v) is 2.37. The average Bonchev–Trinajstić information content (AvgIpc) is 2.53. The van der Waals surface area contributed by atoms with Gasteiger partial charge in [-0.25, -0.2) is 0 Å². The summed E-state index contributed by atoms with van der Waals surface area (Å²) in [5.74, 6) is -1.35. The summed E-state index contributed by atoms with van der Waals surface area (Å²) in [5.41, 5.74) is 0.663. The van der Waals surface area contributed by atoms with Crippen molar-refractivity contribution in [3.63, 3.8) is 0 Å². The monoisotopic (exact) mass is 329 g/mol. The average molecular weight is 329 g/mol. The number of carbonyl (C=O) groups excluding carboxylic acids is 1. The maximum absolute atomic E-state index is 12.1. The lowest BCUT2D eigenvalue weighted by Crippen LogP contribution is -2.42. The van der Waals surface area contributed by atoms with Crippen molar-refractivity contribution in [2.45, 2.75) is 12.5 Å². The summed E-state index contributed by atoms with van der Waals surface area (Å²) < 4.78 is 0. The normalized spacial score (nSPS) is 12.3. The maximum atomic E-state index is 12.1. The molecule has 0 fully saturated rings. The van der Waals surface area contributed by atoms with E-state index in [0.717, 1.165) is 10.8 Å². The van der Waals surface area contributed by atoms with Crippen LogP contribution in [0.25, 0.3) is 10.8 Å². The van der Waals surface area contributed by atoms with Crippen molar-refractivity contribution in [3.8, 4) is 0 Å². The van der Waals surface area contributed by atoms with E-state index in [1.165, 1.54) is 0 Å². The molecule has 0 radical (unpaired) electrons. The number of carbonyl (C=O) groups is 2. The molecule has 6 heteroatoms. The predicted molar refractivity (Wildman–Crippen MR) is 95.2 cm³/mol. The van der Waals surface area contributed by atoms with Crippen molar-refractivity contribution in [2.75, 3.05) is 32.5 Å². The van der Waals surface area contributed by atoms with Gasteiger partial charge in [0.15, 0.2) is 0 Å². The third-order valence-corrected chi connectivity index (χ3v) is 3.67. The SMILES string of the molecule is CN(C)CCNC(CC(=O)Nc1ccc2ccccc2c1)C(=O)O. The van der Waals surface area contributed by atoms with E-state index in [0.29, 0.717) is 18.8 Å². The number of rotatable bonds is 8. The Kier molecular flexibility index (Phi) is 6.28. The zero-order chi connectivity index (χ0) is 17.5. The molecular weight excluding hydrogens is 306 g/mol. The molecule has 6 nitrogen and oxygen atoms in total. The van der Waals surface area contributed by atoms with E-state index in [9.17, 15) is 14.7 Å². The van der Waals surface area contributed by atoms with Crippen molar-refractivity contribution in [1.29, 1.82) is 0 Å². The van der Waals surface area contributed by atoms with Gasteiger partial charge in [0.05, 0.1) is 6.42 Å². The Morgan fingerprint density at radius 3 is 2.50 bits per heavy atom. The summed E-state index contributed by atoms with van der Waals surface area (Å²) in [6, 6.07) is 12.6. The van der Waals surface area contributed by atoms with Crippen LogP contribution in [0.1, 0.15) is 6.42 Å². The van der Waals surface area contributed by atoms with Crippen LogP contribution in [-0.2, 0) is 9.59 Å². The molecule has 0 saturated carbocycles. The Morgan fingerprint density at radius 2 is 1.83 bits per heavy atom. The first kappa shape index (κ1) is 17.9. The van der Waals surface area contributed by atoms with E-state index in [4.69, 9.17) is 0 Å². The second-order valence-electron chi connectivity index (χ2n) is 5.96. The molecule has 2 aromatic rings. The molecular formula is C18H23N3O3. The molecule has 0 bridgehead atoms. The number of aliphatic carboxylic acids is 1. The van der Waals surface area contributed by atoms with Gasteiger partial charge in [-0.1, -0.05) is 30.3 Å². The molecule has 1 amide bonds. The molecule has 1 unspecified atom stereocenters. The van der Waals surface area contributed by atoms with Crippen LogP contribution >= 0.6 is 0 Å². The van der Waals surface area contributed by atoms with Crippen molar-refractivity contribution < 1.29 is 14.7 Å². The summed E-state index contributed by atoms with van der Waals surface area (Å²) in [7, 11) is 3.81. The van der Waals surface area contributed by atoms with Crippen LogP contribution in [0.3, 0.4) is 0 Å².